The third-order valence-electron chi connectivity index (χ3n) is 5.60. The fraction of sp³-hybridized carbons (Fsp3) is 0.107. The molecule has 0 bridgehead atoms. The molecule has 0 aliphatic rings. The topological polar surface area (TPSA) is 97.1 Å². The van der Waals surface area contributed by atoms with Crippen LogP contribution >= 0.6 is 0 Å². The number of nitrogens with one attached hydrogen (secondary N) is 2. The summed E-state index contributed by atoms with van der Waals surface area (Å²) in [4.78, 5) is 29.4. The Hall–Kier alpha value is -4.50. The summed E-state index contributed by atoms with van der Waals surface area (Å²) < 4.78 is 40.0. The van der Waals surface area contributed by atoms with Gasteiger partial charge in [0.25, 0.3) is 5.91 Å². The van der Waals surface area contributed by atoms with Crippen molar-refractivity contribution in [1.29, 1.82) is 0 Å². The Balaban J connectivity index is 1.47. The molecule has 0 spiro atoms. The number of amides is 2. The molecule has 37 heavy (non-hydrogen) atoms. The van der Waals surface area contributed by atoms with Crippen LogP contribution in [0.1, 0.15) is 21.5 Å². The van der Waals surface area contributed by atoms with Crippen molar-refractivity contribution in [3.63, 3.8) is 0 Å². The molecule has 4 N–H and O–H groups in total. The molecule has 1 aromatic heterocycles. The first-order valence-electron chi connectivity index (χ1n) is 11.3. The largest absolute Gasteiger partial charge is 0.416 e. The van der Waals surface area contributed by atoms with Crippen molar-refractivity contribution in [3.05, 3.63) is 114 Å². The van der Waals surface area contributed by atoms with E-state index in [4.69, 9.17) is 5.73 Å². The van der Waals surface area contributed by atoms with Crippen LogP contribution in [0.25, 0.3) is 11.1 Å². The Kier molecular flexibility index (Phi) is 7.64. The van der Waals surface area contributed by atoms with E-state index in [1.807, 2.05) is 0 Å². The Morgan fingerprint density at radius 1 is 0.865 bits per heavy atom. The Morgan fingerprint density at radius 3 is 2.22 bits per heavy atom. The molecule has 1 atom stereocenters. The molecule has 9 heteroatoms. The normalized spacial score (nSPS) is 12.0. The van der Waals surface area contributed by atoms with Crippen LogP contribution in [-0.2, 0) is 17.4 Å². The Bertz CT molecular complexity index is 1380. The zero-order valence-corrected chi connectivity index (χ0v) is 19.5. The number of hydrogen-bond donors (Lipinski definition) is 3. The minimum absolute atomic E-state index is 0.0988. The molecule has 4 aromatic rings. The first kappa shape index (κ1) is 25.6. The van der Waals surface area contributed by atoms with E-state index in [1.54, 1.807) is 79.0 Å². The predicted molar refractivity (Wildman–Crippen MR) is 136 cm³/mol. The summed E-state index contributed by atoms with van der Waals surface area (Å²) in [5, 5.41) is 5.30. The predicted octanol–water partition coefficient (Wildman–Crippen LogP) is 5.53. The molecule has 0 aliphatic heterocycles. The first-order chi connectivity index (χ1) is 17.7. The van der Waals surface area contributed by atoms with E-state index in [2.05, 4.69) is 15.6 Å². The van der Waals surface area contributed by atoms with Gasteiger partial charge in [0.05, 0.1) is 11.6 Å². The summed E-state index contributed by atoms with van der Waals surface area (Å²) in [5.41, 5.74) is 7.13. The van der Waals surface area contributed by atoms with Crippen molar-refractivity contribution in [2.45, 2.75) is 18.6 Å². The molecule has 0 saturated heterocycles. The average molecular weight is 505 g/mol. The van der Waals surface area contributed by atoms with E-state index in [0.29, 0.717) is 22.6 Å². The number of nitrogens with two attached hydrogens (primary N) is 1. The van der Waals surface area contributed by atoms with E-state index in [-0.39, 0.29) is 12.0 Å². The number of carbonyl (C=O) groups excluding carboxylic acids is 2. The number of nitrogens with zero attached hydrogens (tertiary/aromatic N) is 1. The van der Waals surface area contributed by atoms with Crippen LogP contribution in [0.4, 0.5) is 24.7 Å². The molecule has 0 saturated carbocycles. The zero-order chi connectivity index (χ0) is 26.4. The van der Waals surface area contributed by atoms with Gasteiger partial charge in [0.1, 0.15) is 5.82 Å². The smallest absolute Gasteiger partial charge is 0.322 e. The lowest BCUT2D eigenvalue weighted by Crippen LogP contribution is -2.37. The number of halogens is 3. The molecule has 0 radical (unpaired) electrons. The van der Waals surface area contributed by atoms with Gasteiger partial charge in [-0.3, -0.25) is 9.59 Å². The van der Waals surface area contributed by atoms with Crippen molar-refractivity contribution in [1.82, 2.24) is 4.98 Å². The molecular formula is C28H23F3N4O2. The van der Waals surface area contributed by atoms with Gasteiger partial charge in [-0.25, -0.2) is 4.98 Å². The maximum absolute atomic E-state index is 13.3. The van der Waals surface area contributed by atoms with E-state index in [9.17, 15) is 22.8 Å². The number of benzene rings is 3. The van der Waals surface area contributed by atoms with Crippen LogP contribution in [0, 0.1) is 0 Å². The number of carbonyl (C=O) groups is 2. The lowest BCUT2D eigenvalue weighted by molar-refractivity contribution is -0.137. The highest BCUT2D eigenvalue weighted by molar-refractivity contribution is 6.09. The number of alkyl halides is 3. The van der Waals surface area contributed by atoms with Crippen molar-refractivity contribution < 1.29 is 22.8 Å². The average Bonchev–Trinajstić information content (AvgIpc) is 2.90. The van der Waals surface area contributed by atoms with Crippen molar-refractivity contribution >= 4 is 23.3 Å². The van der Waals surface area contributed by atoms with Gasteiger partial charge in [0.2, 0.25) is 5.91 Å². The van der Waals surface area contributed by atoms with Gasteiger partial charge in [0, 0.05) is 17.4 Å². The third-order valence-corrected chi connectivity index (χ3v) is 5.60. The summed E-state index contributed by atoms with van der Waals surface area (Å²) in [6.07, 6.45) is -2.80. The van der Waals surface area contributed by atoms with Gasteiger partial charge in [-0.05, 0) is 59.5 Å². The Labute approximate surface area is 211 Å². The van der Waals surface area contributed by atoms with Gasteiger partial charge >= 0.3 is 6.18 Å². The number of hydrogen-bond acceptors (Lipinski definition) is 4. The Morgan fingerprint density at radius 2 is 1.57 bits per heavy atom. The second kappa shape index (κ2) is 11.0. The van der Waals surface area contributed by atoms with E-state index in [0.717, 1.165) is 17.7 Å². The molecule has 0 aliphatic carbocycles. The fourth-order valence-corrected chi connectivity index (χ4v) is 3.70. The summed E-state index contributed by atoms with van der Waals surface area (Å²) >= 11 is 0. The molecule has 3 aromatic carbocycles. The van der Waals surface area contributed by atoms with E-state index in [1.165, 1.54) is 6.07 Å². The lowest BCUT2D eigenvalue weighted by Gasteiger charge is -2.15. The maximum atomic E-state index is 13.3. The lowest BCUT2D eigenvalue weighted by atomic mass is 9.96. The van der Waals surface area contributed by atoms with E-state index < -0.39 is 29.6 Å². The standard InChI is InChI=1S/C28H23F3N4O2/c29-28(30,31)20-11-14-22(19-6-2-1-3-7-19)23(17-20)26(36)34-21-12-9-18(10-13-21)16-24(32)27(37)35-25-8-4-5-15-33-25/h1-15,17,24H,16,32H2,(H,34,36)(H,33,35,37). The molecule has 0 fully saturated rings. The number of anilines is 2. The summed E-state index contributed by atoms with van der Waals surface area (Å²) in [5.74, 6) is -0.677. The molecule has 188 valence electrons. The minimum Gasteiger partial charge on any atom is -0.322 e. The van der Waals surface area contributed by atoms with Crippen molar-refractivity contribution in [2.75, 3.05) is 10.6 Å². The molecule has 2 amide bonds. The SMILES string of the molecule is NC(Cc1ccc(NC(=O)c2cc(C(F)(F)F)ccc2-c2ccccc2)cc1)C(=O)Nc1ccccn1. The first-order valence-corrected chi connectivity index (χ1v) is 11.3. The number of pyridine rings is 1. The van der Waals surface area contributed by atoms with Crippen LogP contribution in [0.2, 0.25) is 0 Å². The van der Waals surface area contributed by atoms with Gasteiger partial charge in [-0.15, -0.1) is 0 Å². The molecule has 6 nitrogen and oxygen atoms in total. The van der Waals surface area contributed by atoms with Gasteiger partial charge in [0.15, 0.2) is 0 Å². The highest BCUT2D eigenvalue weighted by atomic mass is 19.4. The molecule has 4 rings (SSSR count). The molecule has 1 heterocycles. The molecular weight excluding hydrogens is 481 g/mol. The summed E-state index contributed by atoms with van der Waals surface area (Å²) in [7, 11) is 0. The monoisotopic (exact) mass is 504 g/mol. The van der Waals surface area contributed by atoms with Gasteiger partial charge in [-0.2, -0.15) is 13.2 Å². The molecule has 1 unspecified atom stereocenters. The highest BCUT2D eigenvalue weighted by Crippen LogP contribution is 2.34. The van der Waals surface area contributed by atoms with Gasteiger partial charge < -0.3 is 16.4 Å². The van der Waals surface area contributed by atoms with Crippen LogP contribution < -0.4 is 16.4 Å². The zero-order valence-electron chi connectivity index (χ0n) is 19.5. The van der Waals surface area contributed by atoms with Crippen LogP contribution in [0.3, 0.4) is 0 Å². The van der Waals surface area contributed by atoms with Gasteiger partial charge in [-0.1, -0.05) is 54.6 Å². The quantitative estimate of drug-likeness (QED) is 0.308. The second-order valence-corrected chi connectivity index (χ2v) is 8.29. The van der Waals surface area contributed by atoms with Crippen molar-refractivity contribution in [2.24, 2.45) is 5.73 Å². The van der Waals surface area contributed by atoms with Crippen molar-refractivity contribution in [3.8, 4) is 11.1 Å². The third kappa shape index (κ3) is 6.59. The van der Waals surface area contributed by atoms with E-state index >= 15 is 0 Å². The summed E-state index contributed by atoms with van der Waals surface area (Å²) in [6, 6.07) is 22.7. The number of aromatic nitrogens is 1. The summed E-state index contributed by atoms with van der Waals surface area (Å²) in [6.45, 7) is 0. The maximum Gasteiger partial charge on any atom is 0.416 e. The van der Waals surface area contributed by atoms with Crippen LogP contribution in [0.5, 0.6) is 0 Å². The minimum atomic E-state index is -4.59. The number of rotatable bonds is 7. The van der Waals surface area contributed by atoms with Crippen LogP contribution in [0.15, 0.2) is 97.2 Å². The second-order valence-electron chi connectivity index (χ2n) is 8.29. The highest BCUT2D eigenvalue weighted by Gasteiger charge is 2.32. The fourth-order valence-electron chi connectivity index (χ4n) is 3.70. The van der Waals surface area contributed by atoms with Crippen LogP contribution in [-0.4, -0.2) is 22.8 Å².